The lowest BCUT2D eigenvalue weighted by atomic mass is 10.0. The van der Waals surface area contributed by atoms with E-state index >= 15 is 0 Å². The Labute approximate surface area is 96.8 Å². The summed E-state index contributed by atoms with van der Waals surface area (Å²) in [5, 5.41) is 0. The van der Waals surface area contributed by atoms with Crippen molar-refractivity contribution in [3.05, 3.63) is 29.9 Å². The minimum Gasteiger partial charge on any atom is -0.336 e. The molecule has 0 atom stereocenters. The topological polar surface area (TPSA) is 21.1 Å². The van der Waals surface area contributed by atoms with Crippen LogP contribution in [0, 0.1) is 0 Å². The summed E-state index contributed by atoms with van der Waals surface area (Å²) >= 11 is 0. The summed E-state index contributed by atoms with van der Waals surface area (Å²) in [6.07, 6.45) is 11.2. The van der Waals surface area contributed by atoms with Crippen LogP contribution in [0.5, 0.6) is 0 Å². The largest absolute Gasteiger partial charge is 0.336 e. The molecule has 0 radical (unpaired) electrons. The lowest BCUT2D eigenvalue weighted by molar-refractivity contribution is 0.246. The minimum atomic E-state index is 1.08. The smallest absolute Gasteiger partial charge is 0.0946 e. The third kappa shape index (κ3) is 2.35. The summed E-state index contributed by atoms with van der Waals surface area (Å²) < 4.78 is 2.16. The molecule has 1 aliphatic heterocycles. The molecule has 2 heterocycles. The molecule has 1 saturated heterocycles. The van der Waals surface area contributed by atoms with Gasteiger partial charge in [0.1, 0.15) is 0 Å². The fourth-order valence-corrected chi connectivity index (χ4v) is 2.49. The van der Waals surface area contributed by atoms with E-state index in [2.05, 4.69) is 14.5 Å². The van der Waals surface area contributed by atoms with E-state index in [4.69, 9.17) is 0 Å². The van der Waals surface area contributed by atoms with Crippen molar-refractivity contribution in [3.8, 4) is 0 Å². The zero-order valence-electron chi connectivity index (χ0n) is 9.73. The number of piperidine rings is 1. The molecule has 2 fully saturated rings. The van der Waals surface area contributed by atoms with Crippen molar-refractivity contribution in [1.82, 2.24) is 14.5 Å². The molecule has 0 N–H and O–H groups in total. The van der Waals surface area contributed by atoms with Crippen LogP contribution >= 0.6 is 0 Å². The van der Waals surface area contributed by atoms with E-state index in [1.165, 1.54) is 45.3 Å². The van der Waals surface area contributed by atoms with Crippen molar-refractivity contribution in [2.45, 2.75) is 32.2 Å². The lowest BCUT2D eigenvalue weighted by Gasteiger charge is -2.28. The maximum Gasteiger partial charge on any atom is 0.0946 e. The standard InChI is InChI=1S/C13H19N3/c1-2-12(1)13-3-6-15(7-4-13)9-10-16-8-5-14-11-16/h5,8,11H,1-4,6-7,9-10H2. The van der Waals surface area contributed by atoms with Crippen LogP contribution in [0.4, 0.5) is 0 Å². The average Bonchev–Trinajstić information content (AvgIpc) is 3.05. The minimum absolute atomic E-state index is 1.08. The SMILES string of the molecule is c1cn(CCN2CCC(=C3CC3)CC2)cn1. The Morgan fingerprint density at radius 2 is 1.75 bits per heavy atom. The van der Waals surface area contributed by atoms with Gasteiger partial charge in [-0.3, -0.25) is 0 Å². The zero-order chi connectivity index (χ0) is 10.8. The Hall–Kier alpha value is -1.09. The van der Waals surface area contributed by atoms with Gasteiger partial charge in [-0.1, -0.05) is 11.1 Å². The molecule has 1 saturated carbocycles. The maximum absolute atomic E-state index is 4.07. The molecule has 16 heavy (non-hydrogen) atoms. The van der Waals surface area contributed by atoms with Crippen molar-refractivity contribution < 1.29 is 0 Å². The molecule has 3 rings (SSSR count). The first-order valence-electron chi connectivity index (χ1n) is 6.30. The molecule has 86 valence electrons. The Balaban J connectivity index is 1.46. The van der Waals surface area contributed by atoms with Crippen molar-refractivity contribution in [1.29, 1.82) is 0 Å². The van der Waals surface area contributed by atoms with Crippen molar-refractivity contribution in [2.24, 2.45) is 0 Å². The van der Waals surface area contributed by atoms with Crippen LogP contribution in [0.25, 0.3) is 0 Å². The van der Waals surface area contributed by atoms with Gasteiger partial charge in [0.25, 0.3) is 0 Å². The van der Waals surface area contributed by atoms with Crippen LogP contribution in [0.15, 0.2) is 29.9 Å². The van der Waals surface area contributed by atoms with Crippen molar-refractivity contribution in [2.75, 3.05) is 19.6 Å². The van der Waals surface area contributed by atoms with Crippen LogP contribution in [0.2, 0.25) is 0 Å². The highest BCUT2D eigenvalue weighted by molar-refractivity contribution is 5.26. The second-order valence-corrected chi connectivity index (χ2v) is 4.85. The van der Waals surface area contributed by atoms with Gasteiger partial charge < -0.3 is 9.47 Å². The van der Waals surface area contributed by atoms with E-state index in [1.54, 1.807) is 11.1 Å². The Morgan fingerprint density at radius 1 is 1.00 bits per heavy atom. The molecule has 3 nitrogen and oxygen atoms in total. The second-order valence-electron chi connectivity index (χ2n) is 4.85. The first kappa shape index (κ1) is 10.1. The van der Waals surface area contributed by atoms with E-state index in [1.807, 2.05) is 18.7 Å². The van der Waals surface area contributed by atoms with Gasteiger partial charge in [-0.05, 0) is 25.7 Å². The second kappa shape index (κ2) is 4.42. The molecule has 1 aromatic heterocycles. The first-order chi connectivity index (χ1) is 7.92. The molecule has 0 amide bonds. The quantitative estimate of drug-likeness (QED) is 0.723. The Kier molecular flexibility index (Phi) is 2.79. The van der Waals surface area contributed by atoms with Crippen LogP contribution in [0.1, 0.15) is 25.7 Å². The molecule has 1 aliphatic carbocycles. The van der Waals surface area contributed by atoms with Gasteiger partial charge >= 0.3 is 0 Å². The Bertz CT molecular complexity index is 362. The molecule has 1 aromatic rings. The molecular weight excluding hydrogens is 198 g/mol. The highest BCUT2D eigenvalue weighted by atomic mass is 15.2. The highest BCUT2D eigenvalue weighted by Gasteiger charge is 2.21. The van der Waals surface area contributed by atoms with E-state index in [9.17, 15) is 0 Å². The average molecular weight is 217 g/mol. The fraction of sp³-hybridized carbons (Fsp3) is 0.615. The Morgan fingerprint density at radius 3 is 2.38 bits per heavy atom. The predicted molar refractivity (Wildman–Crippen MR) is 64.2 cm³/mol. The van der Waals surface area contributed by atoms with Gasteiger partial charge in [0.2, 0.25) is 0 Å². The van der Waals surface area contributed by atoms with E-state index in [-0.39, 0.29) is 0 Å². The summed E-state index contributed by atoms with van der Waals surface area (Å²) in [5.41, 5.74) is 3.55. The molecular formula is C13H19N3. The molecule has 3 heteroatoms. The fourth-order valence-electron chi connectivity index (χ4n) is 2.49. The normalized spacial score (nSPS) is 21.5. The third-order valence-corrected chi connectivity index (χ3v) is 3.69. The number of imidazole rings is 1. The summed E-state index contributed by atoms with van der Waals surface area (Å²) in [7, 11) is 0. The van der Waals surface area contributed by atoms with Crippen molar-refractivity contribution >= 4 is 0 Å². The van der Waals surface area contributed by atoms with Gasteiger partial charge in [0.15, 0.2) is 0 Å². The summed E-state index contributed by atoms with van der Waals surface area (Å²) in [5.74, 6) is 0. The van der Waals surface area contributed by atoms with E-state index in [0.29, 0.717) is 0 Å². The molecule has 0 spiro atoms. The van der Waals surface area contributed by atoms with Gasteiger partial charge in [0.05, 0.1) is 6.33 Å². The molecule has 0 unspecified atom stereocenters. The van der Waals surface area contributed by atoms with Crippen LogP contribution in [-0.2, 0) is 6.54 Å². The van der Waals surface area contributed by atoms with Gasteiger partial charge in [-0.2, -0.15) is 0 Å². The number of rotatable bonds is 3. The number of hydrogen-bond donors (Lipinski definition) is 0. The highest BCUT2D eigenvalue weighted by Crippen LogP contribution is 2.35. The van der Waals surface area contributed by atoms with Crippen molar-refractivity contribution in [3.63, 3.8) is 0 Å². The van der Waals surface area contributed by atoms with Crippen LogP contribution < -0.4 is 0 Å². The number of hydrogen-bond acceptors (Lipinski definition) is 2. The maximum atomic E-state index is 4.07. The summed E-state index contributed by atoms with van der Waals surface area (Å²) in [6.45, 7) is 4.76. The zero-order valence-corrected chi connectivity index (χ0v) is 9.73. The third-order valence-electron chi connectivity index (χ3n) is 3.69. The molecule has 0 bridgehead atoms. The van der Waals surface area contributed by atoms with Gasteiger partial charge in [0, 0.05) is 38.6 Å². The monoisotopic (exact) mass is 217 g/mol. The van der Waals surface area contributed by atoms with Gasteiger partial charge in [-0.15, -0.1) is 0 Å². The molecule has 2 aliphatic rings. The number of allylic oxidation sites excluding steroid dienone is 1. The first-order valence-corrected chi connectivity index (χ1v) is 6.30. The summed E-state index contributed by atoms with van der Waals surface area (Å²) in [4.78, 5) is 6.64. The van der Waals surface area contributed by atoms with Crippen LogP contribution in [-0.4, -0.2) is 34.1 Å². The van der Waals surface area contributed by atoms with Crippen LogP contribution in [0.3, 0.4) is 0 Å². The number of aromatic nitrogens is 2. The molecule has 0 aromatic carbocycles. The van der Waals surface area contributed by atoms with Gasteiger partial charge in [-0.25, -0.2) is 4.98 Å². The van der Waals surface area contributed by atoms with E-state index < -0.39 is 0 Å². The lowest BCUT2D eigenvalue weighted by Crippen LogP contribution is -2.33. The van der Waals surface area contributed by atoms with E-state index in [0.717, 1.165) is 6.54 Å². The number of likely N-dealkylation sites (tertiary alicyclic amines) is 1. The number of nitrogens with zero attached hydrogens (tertiary/aromatic N) is 3. The predicted octanol–water partition coefficient (Wildman–Crippen LogP) is 2.07. The summed E-state index contributed by atoms with van der Waals surface area (Å²) in [6, 6.07) is 0.